The first kappa shape index (κ1) is 15.3. The number of thioether (sulfide) groups is 1. The van der Waals surface area contributed by atoms with Gasteiger partial charge in [-0.1, -0.05) is 35.9 Å². The third kappa shape index (κ3) is 3.33. The Kier molecular flexibility index (Phi) is 5.43. The first-order chi connectivity index (χ1) is 9.67. The first-order valence-electron chi connectivity index (χ1n) is 6.19. The molecule has 1 unspecified atom stereocenters. The number of hydrogen-bond acceptors (Lipinski definition) is 3. The van der Waals surface area contributed by atoms with Gasteiger partial charge >= 0.3 is 0 Å². The Bertz CT molecular complexity index is 572. The maximum atomic E-state index is 13.9. The molecule has 0 radical (unpaired) electrons. The van der Waals surface area contributed by atoms with Gasteiger partial charge < -0.3 is 0 Å². The second kappa shape index (κ2) is 7.09. The fourth-order valence-corrected chi connectivity index (χ4v) is 3.05. The second-order valence-electron chi connectivity index (χ2n) is 4.37. The van der Waals surface area contributed by atoms with Crippen molar-refractivity contribution in [1.29, 1.82) is 0 Å². The molecule has 2 aromatic carbocycles. The van der Waals surface area contributed by atoms with Gasteiger partial charge in [0, 0.05) is 15.5 Å². The first-order valence-corrected chi connectivity index (χ1v) is 7.79. The number of benzene rings is 2. The van der Waals surface area contributed by atoms with Crippen LogP contribution in [0.2, 0.25) is 5.02 Å². The van der Waals surface area contributed by atoms with E-state index in [4.69, 9.17) is 17.4 Å². The summed E-state index contributed by atoms with van der Waals surface area (Å²) in [4.78, 5) is 1.11. The Morgan fingerprint density at radius 1 is 1.25 bits per heavy atom. The highest BCUT2D eigenvalue weighted by atomic mass is 35.5. The Balaban J connectivity index is 2.34. The standard InChI is InChI=1S/C15H16ClFN2S/c1-20-15-8-3-2-5-10(15)14(19-18)9-11-12(16)6-4-7-13(11)17/h2-8,14,19H,9,18H2,1H3. The van der Waals surface area contributed by atoms with Crippen molar-refractivity contribution in [2.75, 3.05) is 6.26 Å². The van der Waals surface area contributed by atoms with Crippen molar-refractivity contribution in [3.63, 3.8) is 0 Å². The molecule has 2 aromatic rings. The van der Waals surface area contributed by atoms with Crippen LogP contribution in [0, 0.1) is 5.82 Å². The maximum absolute atomic E-state index is 13.9. The normalized spacial score (nSPS) is 12.4. The maximum Gasteiger partial charge on any atom is 0.127 e. The lowest BCUT2D eigenvalue weighted by atomic mass is 9.99. The lowest BCUT2D eigenvalue weighted by molar-refractivity contribution is 0.523. The van der Waals surface area contributed by atoms with Crippen LogP contribution in [0.1, 0.15) is 17.2 Å². The van der Waals surface area contributed by atoms with Crippen LogP contribution < -0.4 is 11.3 Å². The van der Waals surface area contributed by atoms with Gasteiger partial charge in [0.2, 0.25) is 0 Å². The summed E-state index contributed by atoms with van der Waals surface area (Å²) in [5.41, 5.74) is 4.28. The molecular formula is C15H16ClFN2S. The molecule has 0 heterocycles. The number of rotatable bonds is 5. The van der Waals surface area contributed by atoms with Crippen molar-refractivity contribution < 1.29 is 4.39 Å². The van der Waals surface area contributed by atoms with E-state index in [9.17, 15) is 4.39 Å². The van der Waals surface area contributed by atoms with Crippen molar-refractivity contribution in [3.05, 3.63) is 64.4 Å². The van der Waals surface area contributed by atoms with Crippen LogP contribution in [0.3, 0.4) is 0 Å². The van der Waals surface area contributed by atoms with E-state index >= 15 is 0 Å². The molecule has 2 rings (SSSR count). The van der Waals surface area contributed by atoms with Gasteiger partial charge in [0.15, 0.2) is 0 Å². The molecule has 3 N–H and O–H groups in total. The van der Waals surface area contributed by atoms with Gasteiger partial charge in [-0.3, -0.25) is 11.3 Å². The topological polar surface area (TPSA) is 38.0 Å². The van der Waals surface area contributed by atoms with Crippen LogP contribution >= 0.6 is 23.4 Å². The highest BCUT2D eigenvalue weighted by Gasteiger charge is 2.17. The van der Waals surface area contributed by atoms with E-state index < -0.39 is 0 Å². The largest absolute Gasteiger partial charge is 0.271 e. The minimum absolute atomic E-state index is 0.187. The van der Waals surface area contributed by atoms with Crippen LogP contribution in [0.5, 0.6) is 0 Å². The van der Waals surface area contributed by atoms with Gasteiger partial charge in [-0.15, -0.1) is 11.8 Å². The number of hydrogen-bond donors (Lipinski definition) is 2. The van der Waals surface area contributed by atoms with E-state index in [0.29, 0.717) is 17.0 Å². The minimum atomic E-state index is -0.306. The summed E-state index contributed by atoms with van der Waals surface area (Å²) in [6, 6.07) is 12.4. The molecular weight excluding hydrogens is 295 g/mol. The van der Waals surface area contributed by atoms with Crippen LogP contribution in [0.4, 0.5) is 4.39 Å². The molecule has 0 bridgehead atoms. The molecule has 0 aromatic heterocycles. The van der Waals surface area contributed by atoms with Crippen LogP contribution in [0.15, 0.2) is 47.4 Å². The number of nitrogens with two attached hydrogens (primary N) is 1. The molecule has 2 nitrogen and oxygen atoms in total. The lowest BCUT2D eigenvalue weighted by Crippen LogP contribution is -2.30. The molecule has 106 valence electrons. The molecule has 0 aliphatic carbocycles. The molecule has 0 spiro atoms. The van der Waals surface area contributed by atoms with E-state index in [1.807, 2.05) is 30.5 Å². The predicted octanol–water partition coefficient (Wildman–Crippen LogP) is 3.95. The molecule has 0 saturated carbocycles. The van der Waals surface area contributed by atoms with Crippen LogP contribution in [-0.2, 0) is 6.42 Å². The van der Waals surface area contributed by atoms with Crippen LogP contribution in [-0.4, -0.2) is 6.26 Å². The zero-order valence-corrected chi connectivity index (χ0v) is 12.6. The predicted molar refractivity (Wildman–Crippen MR) is 83.4 cm³/mol. The number of nitrogens with one attached hydrogen (secondary N) is 1. The number of hydrazine groups is 1. The molecule has 0 fully saturated rings. The summed E-state index contributed by atoms with van der Waals surface area (Å²) >= 11 is 7.71. The number of halogens is 2. The zero-order chi connectivity index (χ0) is 14.5. The summed E-state index contributed by atoms with van der Waals surface area (Å²) in [5.74, 6) is 5.35. The molecule has 0 aliphatic heterocycles. The highest BCUT2D eigenvalue weighted by Crippen LogP contribution is 2.30. The third-order valence-corrected chi connectivity index (χ3v) is 4.35. The molecule has 0 amide bonds. The Labute approximate surface area is 127 Å². The smallest absolute Gasteiger partial charge is 0.127 e. The highest BCUT2D eigenvalue weighted by molar-refractivity contribution is 7.98. The van der Waals surface area contributed by atoms with E-state index in [1.54, 1.807) is 23.9 Å². The van der Waals surface area contributed by atoms with Gasteiger partial charge in [0.05, 0.1) is 6.04 Å². The van der Waals surface area contributed by atoms with E-state index in [-0.39, 0.29) is 11.9 Å². The monoisotopic (exact) mass is 310 g/mol. The van der Waals surface area contributed by atoms with Crippen molar-refractivity contribution in [2.45, 2.75) is 17.4 Å². The Morgan fingerprint density at radius 2 is 2.00 bits per heavy atom. The summed E-state index contributed by atoms with van der Waals surface area (Å²) in [6.07, 6.45) is 2.40. The van der Waals surface area contributed by atoms with E-state index in [0.717, 1.165) is 10.5 Å². The molecule has 20 heavy (non-hydrogen) atoms. The van der Waals surface area contributed by atoms with Gasteiger partial charge in [-0.05, 0) is 36.4 Å². The SMILES string of the molecule is CSc1ccccc1C(Cc1c(F)cccc1Cl)NN. The van der Waals surface area contributed by atoms with Crippen LogP contribution in [0.25, 0.3) is 0 Å². The fraction of sp³-hybridized carbons (Fsp3) is 0.200. The molecule has 0 saturated heterocycles. The summed E-state index contributed by atoms with van der Waals surface area (Å²) in [7, 11) is 0. The summed E-state index contributed by atoms with van der Waals surface area (Å²) < 4.78 is 13.9. The van der Waals surface area contributed by atoms with E-state index in [1.165, 1.54) is 6.07 Å². The van der Waals surface area contributed by atoms with Crippen molar-refractivity contribution in [2.24, 2.45) is 5.84 Å². The Hall–Kier alpha value is -1.07. The molecule has 1 atom stereocenters. The summed E-state index contributed by atoms with van der Waals surface area (Å²) in [6.45, 7) is 0. The minimum Gasteiger partial charge on any atom is -0.271 e. The third-order valence-electron chi connectivity index (χ3n) is 3.19. The molecule has 5 heteroatoms. The fourth-order valence-electron chi connectivity index (χ4n) is 2.14. The lowest BCUT2D eigenvalue weighted by Gasteiger charge is -2.20. The van der Waals surface area contributed by atoms with Gasteiger partial charge in [-0.25, -0.2) is 4.39 Å². The average Bonchev–Trinajstić information content (AvgIpc) is 2.47. The van der Waals surface area contributed by atoms with Crippen molar-refractivity contribution in [3.8, 4) is 0 Å². The van der Waals surface area contributed by atoms with Crippen molar-refractivity contribution >= 4 is 23.4 Å². The van der Waals surface area contributed by atoms with Gasteiger partial charge in [0.1, 0.15) is 5.82 Å². The Morgan fingerprint density at radius 3 is 2.65 bits per heavy atom. The van der Waals surface area contributed by atoms with E-state index in [2.05, 4.69) is 5.43 Å². The average molecular weight is 311 g/mol. The zero-order valence-electron chi connectivity index (χ0n) is 11.1. The summed E-state index contributed by atoms with van der Waals surface area (Å²) in [5, 5.41) is 0.423. The molecule has 0 aliphatic rings. The van der Waals surface area contributed by atoms with Crippen molar-refractivity contribution in [1.82, 2.24) is 5.43 Å². The van der Waals surface area contributed by atoms with Gasteiger partial charge in [-0.2, -0.15) is 0 Å². The quantitative estimate of drug-likeness (QED) is 0.499. The second-order valence-corrected chi connectivity index (χ2v) is 5.62. The van der Waals surface area contributed by atoms with Gasteiger partial charge in [0.25, 0.3) is 0 Å².